The third kappa shape index (κ3) is 4.70. The van der Waals surface area contributed by atoms with Crippen LogP contribution in [0.2, 0.25) is 0 Å². The molecule has 0 saturated heterocycles. The van der Waals surface area contributed by atoms with Crippen molar-refractivity contribution in [1.29, 1.82) is 0 Å². The largest absolute Gasteiger partial charge is 0.353 e. The van der Waals surface area contributed by atoms with E-state index in [1.54, 1.807) is 12.3 Å². The highest BCUT2D eigenvalue weighted by atomic mass is 19.1. The molecule has 1 aromatic carbocycles. The molecule has 0 unspecified atom stereocenters. The van der Waals surface area contributed by atoms with Gasteiger partial charge in [0, 0.05) is 42.6 Å². The molecule has 2 heterocycles. The molecule has 1 aliphatic rings. The first-order chi connectivity index (χ1) is 14.6. The summed E-state index contributed by atoms with van der Waals surface area (Å²) in [4.78, 5) is 18.7. The number of hydrogen-bond donors (Lipinski definition) is 1. The number of pyridine rings is 1. The fourth-order valence-corrected chi connectivity index (χ4v) is 4.39. The van der Waals surface area contributed by atoms with Gasteiger partial charge >= 0.3 is 0 Å². The van der Waals surface area contributed by atoms with Crippen molar-refractivity contribution in [2.75, 3.05) is 20.1 Å². The van der Waals surface area contributed by atoms with Gasteiger partial charge in [0.1, 0.15) is 12.4 Å². The maximum atomic E-state index is 14.1. The highest BCUT2D eigenvalue weighted by Gasteiger charge is 2.17. The highest BCUT2D eigenvalue weighted by Crippen LogP contribution is 2.27. The first kappa shape index (κ1) is 20.5. The molecule has 1 fully saturated rings. The second kappa shape index (κ2) is 9.39. The molecule has 30 heavy (non-hydrogen) atoms. The number of hydrogen-bond acceptors (Lipinski definition) is 3. The van der Waals surface area contributed by atoms with E-state index >= 15 is 0 Å². The van der Waals surface area contributed by atoms with Crippen molar-refractivity contribution in [3.05, 3.63) is 54.7 Å². The SMILES string of the molecule is CN(CCNC(=O)Cn1ccc2ccc(-c3ccncc3F)cc21)C1CCCCC1. The molecule has 6 heteroatoms. The summed E-state index contributed by atoms with van der Waals surface area (Å²) in [7, 11) is 2.15. The highest BCUT2D eigenvalue weighted by molar-refractivity contribution is 5.87. The molecule has 3 aromatic rings. The molecular weight excluding hydrogens is 379 g/mol. The monoisotopic (exact) mass is 408 g/mol. The van der Waals surface area contributed by atoms with Crippen molar-refractivity contribution in [3.8, 4) is 11.1 Å². The van der Waals surface area contributed by atoms with Gasteiger partial charge in [0.25, 0.3) is 0 Å². The van der Waals surface area contributed by atoms with Crippen LogP contribution in [0.3, 0.4) is 0 Å². The predicted molar refractivity (Wildman–Crippen MR) is 118 cm³/mol. The third-order valence-electron chi connectivity index (χ3n) is 6.16. The van der Waals surface area contributed by atoms with E-state index in [1.165, 1.54) is 38.3 Å². The predicted octanol–water partition coefficient (Wildman–Crippen LogP) is 4.22. The van der Waals surface area contributed by atoms with Gasteiger partial charge in [0.05, 0.1) is 6.20 Å². The lowest BCUT2D eigenvalue weighted by Gasteiger charge is -2.31. The molecule has 5 nitrogen and oxygen atoms in total. The lowest BCUT2D eigenvalue weighted by Crippen LogP contribution is -2.40. The average Bonchev–Trinajstić information content (AvgIpc) is 3.16. The van der Waals surface area contributed by atoms with E-state index in [2.05, 4.69) is 22.2 Å². The fourth-order valence-electron chi connectivity index (χ4n) is 4.39. The minimum absolute atomic E-state index is 0.00922. The van der Waals surface area contributed by atoms with Gasteiger partial charge in [-0.15, -0.1) is 0 Å². The molecule has 1 N–H and O–H groups in total. The molecule has 0 aliphatic heterocycles. The minimum atomic E-state index is -0.352. The van der Waals surface area contributed by atoms with E-state index < -0.39 is 0 Å². The van der Waals surface area contributed by atoms with Gasteiger partial charge in [-0.1, -0.05) is 31.4 Å². The lowest BCUT2D eigenvalue weighted by atomic mass is 9.94. The quantitative estimate of drug-likeness (QED) is 0.637. The molecule has 2 aromatic heterocycles. The molecule has 158 valence electrons. The van der Waals surface area contributed by atoms with Crippen LogP contribution in [0.1, 0.15) is 32.1 Å². The zero-order valence-corrected chi connectivity index (χ0v) is 17.5. The Morgan fingerprint density at radius 3 is 2.87 bits per heavy atom. The van der Waals surface area contributed by atoms with Crippen LogP contribution >= 0.6 is 0 Å². The van der Waals surface area contributed by atoms with Crippen LogP contribution in [0.25, 0.3) is 22.0 Å². The number of fused-ring (bicyclic) bond motifs is 1. The van der Waals surface area contributed by atoms with Gasteiger partial charge < -0.3 is 14.8 Å². The average molecular weight is 409 g/mol. The second-order valence-electron chi connectivity index (χ2n) is 8.20. The van der Waals surface area contributed by atoms with Crippen molar-refractivity contribution in [2.24, 2.45) is 0 Å². The number of benzene rings is 1. The summed E-state index contributed by atoms with van der Waals surface area (Å²) in [5.41, 5.74) is 2.20. The van der Waals surface area contributed by atoms with Crippen molar-refractivity contribution < 1.29 is 9.18 Å². The normalized spacial score (nSPS) is 15.0. The Kier molecular flexibility index (Phi) is 6.43. The number of carbonyl (C=O) groups excluding carboxylic acids is 1. The van der Waals surface area contributed by atoms with Crippen LogP contribution < -0.4 is 5.32 Å². The molecule has 0 spiro atoms. The molecular formula is C24H29FN4O. The zero-order valence-electron chi connectivity index (χ0n) is 17.5. The standard InChI is InChI=1S/C24H29FN4O/c1-28(20-5-3-2-4-6-20)14-12-27-24(30)17-29-13-10-18-7-8-19(15-23(18)29)21-9-11-26-16-22(21)25/h7-11,13,15-16,20H,2-6,12,14,17H2,1H3,(H,27,30). The van der Waals surface area contributed by atoms with E-state index in [4.69, 9.17) is 0 Å². The Morgan fingerprint density at radius 2 is 2.07 bits per heavy atom. The van der Waals surface area contributed by atoms with E-state index in [0.717, 1.165) is 23.0 Å². The number of nitrogens with zero attached hydrogens (tertiary/aromatic N) is 3. The summed E-state index contributed by atoms with van der Waals surface area (Å²) < 4.78 is 16.0. The van der Waals surface area contributed by atoms with Crippen LogP contribution in [-0.2, 0) is 11.3 Å². The van der Waals surface area contributed by atoms with Gasteiger partial charge in [-0.2, -0.15) is 0 Å². The van der Waals surface area contributed by atoms with Crippen LogP contribution in [-0.4, -0.2) is 46.5 Å². The molecule has 1 aliphatic carbocycles. The summed E-state index contributed by atoms with van der Waals surface area (Å²) in [5.74, 6) is -0.361. The molecule has 1 saturated carbocycles. The summed E-state index contributed by atoms with van der Waals surface area (Å²) in [6.45, 7) is 1.77. The Hall–Kier alpha value is -2.73. The minimum Gasteiger partial charge on any atom is -0.353 e. The number of rotatable bonds is 7. The molecule has 0 atom stereocenters. The molecule has 0 bridgehead atoms. The Balaban J connectivity index is 1.38. The maximum Gasteiger partial charge on any atom is 0.239 e. The van der Waals surface area contributed by atoms with Crippen LogP contribution in [0, 0.1) is 5.82 Å². The first-order valence-electron chi connectivity index (χ1n) is 10.8. The Labute approximate surface area is 176 Å². The number of halogens is 1. The number of carbonyl (C=O) groups is 1. The molecule has 1 amide bonds. The Morgan fingerprint density at radius 1 is 1.23 bits per heavy atom. The van der Waals surface area contributed by atoms with Gasteiger partial charge in [0.15, 0.2) is 0 Å². The van der Waals surface area contributed by atoms with Gasteiger partial charge in [-0.25, -0.2) is 4.39 Å². The molecule has 4 rings (SSSR count). The number of amides is 1. The number of aromatic nitrogens is 2. The van der Waals surface area contributed by atoms with Crippen molar-refractivity contribution in [2.45, 2.75) is 44.7 Å². The zero-order chi connectivity index (χ0) is 20.9. The van der Waals surface area contributed by atoms with E-state index in [9.17, 15) is 9.18 Å². The van der Waals surface area contributed by atoms with Gasteiger partial charge in [-0.05, 0) is 49.0 Å². The lowest BCUT2D eigenvalue weighted by molar-refractivity contribution is -0.121. The van der Waals surface area contributed by atoms with E-state index in [-0.39, 0.29) is 18.3 Å². The van der Waals surface area contributed by atoms with Crippen LogP contribution in [0.15, 0.2) is 48.9 Å². The summed E-state index contributed by atoms with van der Waals surface area (Å²) in [6.07, 6.45) is 11.2. The third-order valence-corrected chi connectivity index (χ3v) is 6.16. The van der Waals surface area contributed by atoms with Gasteiger partial charge in [-0.3, -0.25) is 9.78 Å². The van der Waals surface area contributed by atoms with Crippen LogP contribution in [0.4, 0.5) is 4.39 Å². The van der Waals surface area contributed by atoms with Crippen molar-refractivity contribution in [1.82, 2.24) is 19.8 Å². The van der Waals surface area contributed by atoms with Crippen LogP contribution in [0.5, 0.6) is 0 Å². The summed E-state index contributed by atoms with van der Waals surface area (Å²) >= 11 is 0. The topological polar surface area (TPSA) is 50.2 Å². The van der Waals surface area contributed by atoms with Gasteiger partial charge in [0.2, 0.25) is 5.91 Å². The second-order valence-corrected chi connectivity index (χ2v) is 8.20. The smallest absolute Gasteiger partial charge is 0.239 e. The maximum absolute atomic E-state index is 14.1. The van der Waals surface area contributed by atoms with E-state index in [1.807, 2.05) is 35.0 Å². The summed E-state index contributed by atoms with van der Waals surface area (Å²) in [6, 6.07) is 10.1. The number of nitrogens with one attached hydrogen (secondary N) is 1. The number of likely N-dealkylation sites (N-methyl/N-ethyl adjacent to an activating group) is 1. The van der Waals surface area contributed by atoms with Crippen molar-refractivity contribution >= 4 is 16.8 Å². The molecule has 0 radical (unpaired) electrons. The Bertz CT molecular complexity index is 1010. The van der Waals surface area contributed by atoms with E-state index in [0.29, 0.717) is 18.2 Å². The summed E-state index contributed by atoms with van der Waals surface area (Å²) in [5, 5.41) is 4.07. The fraction of sp³-hybridized carbons (Fsp3) is 0.417. The first-order valence-corrected chi connectivity index (χ1v) is 10.8. The van der Waals surface area contributed by atoms with Crippen molar-refractivity contribution in [3.63, 3.8) is 0 Å².